The lowest BCUT2D eigenvalue weighted by Gasteiger charge is -2.08. The van der Waals surface area contributed by atoms with Crippen LogP contribution in [-0.4, -0.2) is 15.9 Å². The van der Waals surface area contributed by atoms with Crippen molar-refractivity contribution in [2.24, 2.45) is 0 Å². The van der Waals surface area contributed by atoms with Crippen LogP contribution in [-0.2, 0) is 11.2 Å². The molecule has 4 rings (SSSR count). The summed E-state index contributed by atoms with van der Waals surface area (Å²) in [6.45, 7) is 2.00. The summed E-state index contributed by atoms with van der Waals surface area (Å²) in [7, 11) is 0. The highest BCUT2D eigenvalue weighted by Crippen LogP contribution is 2.23. The molecule has 0 spiro atoms. The molecule has 2 aromatic carbocycles. The lowest BCUT2D eigenvalue weighted by atomic mass is 10.1. The average Bonchev–Trinajstić information content (AvgIpc) is 3.09. The van der Waals surface area contributed by atoms with E-state index in [1.54, 1.807) is 17.5 Å². The number of aryl methyl sites for hydroxylation is 1. The Morgan fingerprint density at radius 2 is 1.88 bits per heavy atom. The average molecular weight is 359 g/mol. The van der Waals surface area contributed by atoms with Gasteiger partial charge in [-0.1, -0.05) is 42.5 Å². The summed E-state index contributed by atoms with van der Waals surface area (Å²) < 4.78 is 0. The maximum absolute atomic E-state index is 12.4. The predicted octanol–water partition coefficient (Wildman–Crippen LogP) is 4.85. The maximum Gasteiger partial charge on any atom is 0.228 e. The molecule has 5 heteroatoms. The molecule has 0 unspecified atom stereocenters. The number of nitrogens with one attached hydrogen (secondary N) is 1. The first-order chi connectivity index (χ1) is 12.7. The fourth-order valence-corrected chi connectivity index (χ4v) is 3.50. The molecular weight excluding hydrogens is 342 g/mol. The zero-order valence-electron chi connectivity index (χ0n) is 14.3. The third-order valence-corrected chi connectivity index (χ3v) is 4.91. The minimum atomic E-state index is -0.0552. The molecule has 0 aliphatic heterocycles. The molecule has 0 fully saturated rings. The van der Waals surface area contributed by atoms with Crippen LogP contribution in [0.3, 0.4) is 0 Å². The van der Waals surface area contributed by atoms with E-state index in [1.165, 1.54) is 0 Å². The Hall–Kier alpha value is -3.05. The van der Waals surface area contributed by atoms with Gasteiger partial charge >= 0.3 is 0 Å². The first kappa shape index (κ1) is 16.4. The van der Waals surface area contributed by atoms with Crippen molar-refractivity contribution in [3.05, 3.63) is 76.7 Å². The van der Waals surface area contributed by atoms with Crippen molar-refractivity contribution in [3.63, 3.8) is 0 Å². The summed E-state index contributed by atoms with van der Waals surface area (Å²) >= 11 is 1.64. The van der Waals surface area contributed by atoms with Gasteiger partial charge in [0.2, 0.25) is 5.91 Å². The molecule has 2 heterocycles. The molecule has 0 saturated carbocycles. The molecule has 0 radical (unpaired) electrons. The second-order valence-corrected chi connectivity index (χ2v) is 7.12. The number of carbonyl (C=O) groups is 1. The highest BCUT2D eigenvalue weighted by molar-refractivity contribution is 7.09. The van der Waals surface area contributed by atoms with Crippen LogP contribution in [0.4, 0.5) is 5.69 Å². The Balaban J connectivity index is 1.48. The second-order valence-electron chi connectivity index (χ2n) is 6.05. The van der Waals surface area contributed by atoms with Gasteiger partial charge in [0.25, 0.3) is 0 Å². The highest BCUT2D eigenvalue weighted by atomic mass is 32.1. The zero-order valence-corrected chi connectivity index (χ0v) is 15.1. The fraction of sp³-hybridized carbons (Fsp3) is 0.0952. The first-order valence-corrected chi connectivity index (χ1v) is 9.22. The standard InChI is InChI=1S/C21H17N3OS/c1-14-23-19(13-26-14)16-9-7-15(8-10-16)12-20(25)24-18-6-2-4-17-5-3-11-22-21(17)18/h2-11,13H,12H2,1H3,(H,24,25). The number of thiazole rings is 1. The van der Waals surface area contributed by atoms with Gasteiger partial charge in [0.05, 0.1) is 28.3 Å². The Kier molecular flexibility index (Phi) is 4.46. The third-order valence-electron chi connectivity index (χ3n) is 4.14. The Labute approximate surface area is 155 Å². The van der Waals surface area contributed by atoms with Crippen LogP contribution in [0.15, 0.2) is 66.2 Å². The van der Waals surface area contributed by atoms with Crippen molar-refractivity contribution >= 4 is 33.8 Å². The lowest BCUT2D eigenvalue weighted by Crippen LogP contribution is -2.14. The Morgan fingerprint density at radius 3 is 2.65 bits per heavy atom. The number of para-hydroxylation sites is 1. The molecule has 0 bridgehead atoms. The van der Waals surface area contributed by atoms with Crippen LogP contribution in [0.1, 0.15) is 10.6 Å². The number of benzene rings is 2. The van der Waals surface area contributed by atoms with Gasteiger partial charge in [-0.25, -0.2) is 4.98 Å². The van der Waals surface area contributed by atoms with E-state index in [-0.39, 0.29) is 5.91 Å². The number of hydrogen-bond donors (Lipinski definition) is 1. The molecule has 1 N–H and O–H groups in total. The topological polar surface area (TPSA) is 54.9 Å². The number of aromatic nitrogens is 2. The maximum atomic E-state index is 12.4. The molecule has 0 atom stereocenters. The number of anilines is 1. The summed E-state index contributed by atoms with van der Waals surface area (Å²) in [6, 6.07) is 17.6. The minimum Gasteiger partial charge on any atom is -0.324 e. The van der Waals surface area contributed by atoms with Crippen LogP contribution in [0.2, 0.25) is 0 Å². The molecule has 4 nitrogen and oxygen atoms in total. The molecule has 1 amide bonds. The molecule has 0 aliphatic carbocycles. The van der Waals surface area contributed by atoms with Gasteiger partial charge in [-0.15, -0.1) is 11.3 Å². The number of fused-ring (bicyclic) bond motifs is 1. The van der Waals surface area contributed by atoms with Gasteiger partial charge < -0.3 is 5.32 Å². The number of rotatable bonds is 4. The second kappa shape index (κ2) is 7.06. The molecular formula is C21H17N3OS. The van der Waals surface area contributed by atoms with E-state index in [0.717, 1.165) is 38.4 Å². The largest absolute Gasteiger partial charge is 0.324 e. The molecule has 0 aliphatic rings. The molecule has 26 heavy (non-hydrogen) atoms. The number of carbonyl (C=O) groups excluding carboxylic acids is 1. The lowest BCUT2D eigenvalue weighted by molar-refractivity contribution is -0.115. The third kappa shape index (κ3) is 3.48. The molecule has 2 aromatic heterocycles. The highest BCUT2D eigenvalue weighted by Gasteiger charge is 2.08. The van der Waals surface area contributed by atoms with Crippen molar-refractivity contribution in [2.75, 3.05) is 5.32 Å². The van der Waals surface area contributed by atoms with Crippen molar-refractivity contribution in [1.82, 2.24) is 9.97 Å². The Morgan fingerprint density at radius 1 is 1.08 bits per heavy atom. The number of amides is 1. The van der Waals surface area contributed by atoms with Crippen molar-refractivity contribution in [3.8, 4) is 11.3 Å². The van der Waals surface area contributed by atoms with E-state index in [0.29, 0.717) is 6.42 Å². The van der Waals surface area contributed by atoms with Gasteiger partial charge in [-0.05, 0) is 24.6 Å². The summed E-state index contributed by atoms with van der Waals surface area (Å²) in [4.78, 5) is 21.3. The Bertz CT molecular complexity index is 1060. The van der Waals surface area contributed by atoms with Crippen LogP contribution in [0.5, 0.6) is 0 Å². The summed E-state index contributed by atoms with van der Waals surface area (Å²) in [5.74, 6) is -0.0552. The van der Waals surface area contributed by atoms with Crippen LogP contribution >= 0.6 is 11.3 Å². The minimum absolute atomic E-state index is 0.0552. The van der Waals surface area contributed by atoms with E-state index < -0.39 is 0 Å². The van der Waals surface area contributed by atoms with Crippen molar-refractivity contribution < 1.29 is 4.79 Å². The van der Waals surface area contributed by atoms with Crippen LogP contribution in [0, 0.1) is 6.92 Å². The monoisotopic (exact) mass is 359 g/mol. The van der Waals surface area contributed by atoms with Gasteiger partial charge in [-0.3, -0.25) is 9.78 Å². The quantitative estimate of drug-likeness (QED) is 0.567. The number of hydrogen-bond acceptors (Lipinski definition) is 4. The van der Waals surface area contributed by atoms with Gasteiger partial charge in [-0.2, -0.15) is 0 Å². The van der Waals surface area contributed by atoms with Crippen LogP contribution in [0.25, 0.3) is 22.2 Å². The smallest absolute Gasteiger partial charge is 0.228 e. The number of pyridine rings is 1. The summed E-state index contributed by atoms with van der Waals surface area (Å²) in [5, 5.41) is 7.07. The summed E-state index contributed by atoms with van der Waals surface area (Å²) in [6.07, 6.45) is 2.05. The predicted molar refractivity (Wildman–Crippen MR) is 106 cm³/mol. The zero-order chi connectivity index (χ0) is 17.9. The van der Waals surface area contributed by atoms with E-state index in [4.69, 9.17) is 0 Å². The van der Waals surface area contributed by atoms with Crippen molar-refractivity contribution in [2.45, 2.75) is 13.3 Å². The number of nitrogens with zero attached hydrogens (tertiary/aromatic N) is 2. The van der Waals surface area contributed by atoms with E-state index in [1.807, 2.05) is 66.9 Å². The SMILES string of the molecule is Cc1nc(-c2ccc(CC(=O)Nc3cccc4cccnc34)cc2)cs1. The van der Waals surface area contributed by atoms with Gasteiger partial charge in [0.15, 0.2) is 0 Å². The molecule has 4 aromatic rings. The normalized spacial score (nSPS) is 10.8. The molecule has 128 valence electrons. The van der Waals surface area contributed by atoms with E-state index >= 15 is 0 Å². The fourth-order valence-electron chi connectivity index (χ4n) is 2.87. The first-order valence-electron chi connectivity index (χ1n) is 8.34. The molecule has 0 saturated heterocycles. The summed E-state index contributed by atoms with van der Waals surface area (Å²) in [5.41, 5.74) is 4.55. The van der Waals surface area contributed by atoms with Gasteiger partial charge in [0, 0.05) is 22.5 Å². The van der Waals surface area contributed by atoms with Crippen LogP contribution < -0.4 is 5.32 Å². The van der Waals surface area contributed by atoms with E-state index in [9.17, 15) is 4.79 Å². The van der Waals surface area contributed by atoms with Crippen molar-refractivity contribution in [1.29, 1.82) is 0 Å². The van der Waals surface area contributed by atoms with E-state index in [2.05, 4.69) is 15.3 Å². The van der Waals surface area contributed by atoms with Gasteiger partial charge in [0.1, 0.15) is 0 Å².